The number of primary amides is 1. The van der Waals surface area contributed by atoms with Gasteiger partial charge in [0.2, 0.25) is 0 Å². The van der Waals surface area contributed by atoms with Gasteiger partial charge < -0.3 is 15.6 Å². The lowest BCUT2D eigenvalue weighted by atomic mass is 10.1. The summed E-state index contributed by atoms with van der Waals surface area (Å²) in [6, 6.07) is 13.4. The second-order valence-electron chi connectivity index (χ2n) is 5.78. The molecule has 0 spiro atoms. The van der Waals surface area contributed by atoms with Crippen molar-refractivity contribution in [1.29, 1.82) is 0 Å². The van der Waals surface area contributed by atoms with Crippen LogP contribution in [0.4, 0.5) is 5.82 Å². The molecule has 2 amide bonds. The smallest absolute Gasteiger partial charge is 0.269 e. The number of rotatable bonds is 7. The number of carbonyl (C=O) groups excluding carboxylic acids is 2. The van der Waals surface area contributed by atoms with E-state index in [1.807, 2.05) is 18.2 Å². The number of imidazole rings is 1. The van der Waals surface area contributed by atoms with Crippen molar-refractivity contribution in [3.8, 4) is 0 Å². The zero-order valence-corrected chi connectivity index (χ0v) is 14.1. The van der Waals surface area contributed by atoms with E-state index in [0.717, 1.165) is 12.8 Å². The van der Waals surface area contributed by atoms with Crippen LogP contribution in [0, 0.1) is 0 Å². The lowest BCUT2D eigenvalue weighted by molar-refractivity contribution is 0.0992. The molecule has 0 aliphatic heterocycles. The van der Waals surface area contributed by atoms with E-state index < -0.39 is 11.8 Å². The van der Waals surface area contributed by atoms with E-state index >= 15 is 0 Å². The Morgan fingerprint density at radius 1 is 1.12 bits per heavy atom. The first-order chi connectivity index (χ1) is 12.6. The Kier molecular flexibility index (Phi) is 5.38. The van der Waals surface area contributed by atoms with Gasteiger partial charge in [-0.25, -0.2) is 4.98 Å². The summed E-state index contributed by atoms with van der Waals surface area (Å²) in [4.78, 5) is 32.1. The molecule has 7 heteroatoms. The molecule has 0 fully saturated rings. The van der Waals surface area contributed by atoms with E-state index in [4.69, 9.17) is 5.73 Å². The van der Waals surface area contributed by atoms with E-state index in [2.05, 4.69) is 27.4 Å². The molecule has 26 heavy (non-hydrogen) atoms. The van der Waals surface area contributed by atoms with Gasteiger partial charge in [-0.3, -0.25) is 14.6 Å². The first kappa shape index (κ1) is 17.3. The zero-order valence-electron chi connectivity index (χ0n) is 14.1. The van der Waals surface area contributed by atoms with E-state index in [1.165, 1.54) is 18.1 Å². The van der Waals surface area contributed by atoms with Crippen molar-refractivity contribution in [3.63, 3.8) is 0 Å². The molecule has 0 radical (unpaired) electrons. The van der Waals surface area contributed by atoms with E-state index in [1.54, 1.807) is 22.9 Å². The van der Waals surface area contributed by atoms with Crippen LogP contribution in [0.25, 0.3) is 0 Å². The topological polar surface area (TPSA) is 103 Å². The van der Waals surface area contributed by atoms with Crippen molar-refractivity contribution in [3.05, 3.63) is 78.0 Å². The molecule has 7 nitrogen and oxygen atoms in total. The first-order valence-electron chi connectivity index (χ1n) is 8.25. The fourth-order valence-electron chi connectivity index (χ4n) is 2.68. The van der Waals surface area contributed by atoms with Crippen LogP contribution in [0.15, 0.2) is 61.2 Å². The third kappa shape index (κ3) is 4.13. The van der Waals surface area contributed by atoms with Gasteiger partial charge in [-0.05, 0) is 30.5 Å². The molecule has 0 saturated carbocycles. The minimum Gasteiger partial charge on any atom is -0.364 e. The van der Waals surface area contributed by atoms with Gasteiger partial charge in [0.1, 0.15) is 0 Å². The first-order valence-corrected chi connectivity index (χ1v) is 8.25. The van der Waals surface area contributed by atoms with E-state index in [-0.39, 0.29) is 11.5 Å². The van der Waals surface area contributed by atoms with Crippen LogP contribution < -0.4 is 11.1 Å². The lowest BCUT2D eigenvalue weighted by Crippen LogP contribution is -2.21. The minimum atomic E-state index is -0.635. The van der Waals surface area contributed by atoms with Crippen LogP contribution in [0.1, 0.15) is 32.8 Å². The number of nitrogens with zero attached hydrogens (tertiary/aromatic N) is 3. The van der Waals surface area contributed by atoms with Crippen LogP contribution in [0.3, 0.4) is 0 Å². The van der Waals surface area contributed by atoms with Gasteiger partial charge in [0, 0.05) is 18.9 Å². The standard InChI is InChI=1S/C19H19N5O2/c20-17(25)16-18(23-19(26)15-9-4-10-21-12-15)22-13-24(16)11-5-8-14-6-2-1-3-7-14/h1-4,6-7,9-10,12-13H,5,8,11H2,(H2,20,25)(H,23,26). The largest absolute Gasteiger partial charge is 0.364 e. The molecular formula is C19H19N5O2. The number of benzene rings is 1. The van der Waals surface area contributed by atoms with Crippen LogP contribution >= 0.6 is 0 Å². The average molecular weight is 349 g/mol. The molecule has 132 valence electrons. The average Bonchev–Trinajstić information content (AvgIpc) is 3.06. The van der Waals surface area contributed by atoms with Crippen molar-refractivity contribution in [2.24, 2.45) is 5.73 Å². The Labute approximate surface area is 150 Å². The number of amides is 2. The molecule has 3 rings (SSSR count). The number of anilines is 1. The van der Waals surface area contributed by atoms with Crippen molar-refractivity contribution in [2.45, 2.75) is 19.4 Å². The highest BCUT2D eigenvalue weighted by Crippen LogP contribution is 2.15. The summed E-state index contributed by atoms with van der Waals surface area (Å²) in [5.41, 5.74) is 7.28. The number of hydrogen-bond donors (Lipinski definition) is 2. The molecular weight excluding hydrogens is 330 g/mol. The molecule has 1 aromatic carbocycles. The molecule has 3 aromatic rings. The van der Waals surface area contributed by atoms with Gasteiger partial charge in [0.25, 0.3) is 11.8 Å². The van der Waals surface area contributed by atoms with Crippen LogP contribution in [-0.2, 0) is 13.0 Å². The maximum Gasteiger partial charge on any atom is 0.269 e. The van der Waals surface area contributed by atoms with Gasteiger partial charge in [-0.1, -0.05) is 30.3 Å². The Balaban J connectivity index is 1.70. The van der Waals surface area contributed by atoms with Gasteiger partial charge in [-0.15, -0.1) is 0 Å². The minimum absolute atomic E-state index is 0.158. The van der Waals surface area contributed by atoms with Crippen LogP contribution in [0.2, 0.25) is 0 Å². The SMILES string of the molecule is NC(=O)c1c(NC(=O)c2cccnc2)ncn1CCCc1ccccc1. The molecule has 0 bridgehead atoms. The molecule has 0 unspecified atom stereocenters. The third-order valence-electron chi connectivity index (χ3n) is 3.93. The second-order valence-corrected chi connectivity index (χ2v) is 5.78. The summed E-state index contributed by atoms with van der Waals surface area (Å²) >= 11 is 0. The molecule has 2 heterocycles. The van der Waals surface area contributed by atoms with Gasteiger partial charge in [-0.2, -0.15) is 0 Å². The Morgan fingerprint density at radius 3 is 2.62 bits per heavy atom. The number of aryl methyl sites for hydroxylation is 2. The Hall–Kier alpha value is -3.48. The van der Waals surface area contributed by atoms with Crippen LogP contribution in [0.5, 0.6) is 0 Å². The fraction of sp³-hybridized carbons (Fsp3) is 0.158. The summed E-state index contributed by atoms with van der Waals surface area (Å²) < 4.78 is 1.67. The number of carbonyl (C=O) groups is 2. The summed E-state index contributed by atoms with van der Waals surface area (Å²) in [7, 11) is 0. The number of nitrogens with one attached hydrogen (secondary N) is 1. The molecule has 0 saturated heterocycles. The summed E-state index contributed by atoms with van der Waals surface area (Å²) in [6.07, 6.45) is 6.22. The molecule has 0 aliphatic rings. The van der Waals surface area contributed by atoms with Gasteiger partial charge >= 0.3 is 0 Å². The number of aromatic nitrogens is 3. The maximum absolute atomic E-state index is 12.2. The van der Waals surface area contributed by atoms with Gasteiger partial charge in [0.05, 0.1) is 11.9 Å². The van der Waals surface area contributed by atoms with E-state index in [9.17, 15) is 9.59 Å². The van der Waals surface area contributed by atoms with E-state index in [0.29, 0.717) is 12.1 Å². The fourth-order valence-corrected chi connectivity index (χ4v) is 2.68. The number of hydrogen-bond acceptors (Lipinski definition) is 4. The quantitative estimate of drug-likeness (QED) is 0.683. The lowest BCUT2D eigenvalue weighted by Gasteiger charge is -2.08. The molecule has 3 N–H and O–H groups in total. The predicted molar refractivity (Wildman–Crippen MR) is 97.7 cm³/mol. The molecule has 0 atom stereocenters. The Morgan fingerprint density at radius 2 is 1.92 bits per heavy atom. The van der Waals surface area contributed by atoms with Crippen LogP contribution in [-0.4, -0.2) is 26.3 Å². The molecule has 0 aliphatic carbocycles. The highest BCUT2D eigenvalue weighted by molar-refractivity contribution is 6.07. The highest BCUT2D eigenvalue weighted by atomic mass is 16.2. The summed E-state index contributed by atoms with van der Waals surface area (Å²) in [6.45, 7) is 0.572. The summed E-state index contributed by atoms with van der Waals surface area (Å²) in [5, 5.41) is 2.62. The highest BCUT2D eigenvalue weighted by Gasteiger charge is 2.18. The van der Waals surface area contributed by atoms with Gasteiger partial charge in [0.15, 0.2) is 11.5 Å². The number of nitrogens with two attached hydrogens (primary N) is 1. The van der Waals surface area contributed by atoms with Crippen molar-refractivity contribution in [2.75, 3.05) is 5.32 Å². The third-order valence-corrected chi connectivity index (χ3v) is 3.93. The maximum atomic E-state index is 12.2. The summed E-state index contributed by atoms with van der Waals surface area (Å²) in [5.74, 6) is -0.870. The van der Waals surface area contributed by atoms with Crippen molar-refractivity contribution in [1.82, 2.24) is 14.5 Å². The normalized spacial score (nSPS) is 10.5. The molecule has 2 aromatic heterocycles. The Bertz CT molecular complexity index is 891. The second kappa shape index (κ2) is 8.06. The van der Waals surface area contributed by atoms with Crippen molar-refractivity contribution >= 4 is 17.6 Å². The van der Waals surface area contributed by atoms with Crippen molar-refractivity contribution < 1.29 is 9.59 Å². The predicted octanol–water partition coefficient (Wildman–Crippen LogP) is 2.26. The zero-order chi connectivity index (χ0) is 18.4. The number of pyridine rings is 1. The monoisotopic (exact) mass is 349 g/mol.